The van der Waals surface area contributed by atoms with Crippen molar-refractivity contribution in [3.05, 3.63) is 46.1 Å². The van der Waals surface area contributed by atoms with Gasteiger partial charge in [-0.15, -0.1) is 0 Å². The number of unbranched alkanes of at least 4 members (excludes halogenated alkanes) is 1. The molecule has 0 saturated heterocycles. The van der Waals surface area contributed by atoms with Gasteiger partial charge in [0.15, 0.2) is 0 Å². The zero-order chi connectivity index (χ0) is 20.4. The molecule has 0 aliphatic heterocycles. The highest BCUT2D eigenvalue weighted by atomic mass is 35.5. The summed E-state index contributed by atoms with van der Waals surface area (Å²) in [6, 6.07) is 7.40. The van der Waals surface area contributed by atoms with Gasteiger partial charge in [0.2, 0.25) is 0 Å². The van der Waals surface area contributed by atoms with Crippen LogP contribution in [-0.4, -0.2) is 18.2 Å². The van der Waals surface area contributed by atoms with Gasteiger partial charge in [-0.25, -0.2) is 0 Å². The van der Waals surface area contributed by atoms with Gasteiger partial charge in [-0.2, -0.15) is 0 Å². The molecule has 3 N–H and O–H groups in total. The van der Waals surface area contributed by atoms with E-state index >= 15 is 0 Å². The van der Waals surface area contributed by atoms with Gasteiger partial charge >= 0.3 is 0 Å². The van der Waals surface area contributed by atoms with Gasteiger partial charge in [0, 0.05) is 29.4 Å². The van der Waals surface area contributed by atoms with Crippen LogP contribution in [0.2, 0.25) is 5.02 Å². The second-order valence-electron chi connectivity index (χ2n) is 7.98. The van der Waals surface area contributed by atoms with Crippen LogP contribution in [-0.2, 0) is 11.3 Å². The largest absolute Gasteiger partial charge is 0.394 e. The summed E-state index contributed by atoms with van der Waals surface area (Å²) >= 11 is 5.90. The number of rotatable bonds is 9. The third-order valence-corrected chi connectivity index (χ3v) is 4.40. The van der Waals surface area contributed by atoms with Crippen molar-refractivity contribution in [1.29, 1.82) is 0 Å². The molecule has 0 atom stereocenters. The maximum atomic E-state index is 12.6. The third kappa shape index (κ3) is 8.61. The zero-order valence-corrected chi connectivity index (χ0v) is 18.1. The number of carbonyl (C=O) groups excluding carboxylic acids is 1. The van der Waals surface area contributed by atoms with Crippen molar-refractivity contribution >= 4 is 23.2 Å². The van der Waals surface area contributed by atoms with E-state index in [1.54, 1.807) is 0 Å². The Labute approximate surface area is 169 Å². The van der Waals surface area contributed by atoms with Crippen LogP contribution in [0.4, 0.5) is 0 Å². The van der Waals surface area contributed by atoms with Crippen molar-refractivity contribution in [3.8, 4) is 0 Å². The third-order valence-electron chi connectivity index (χ3n) is 4.14. The lowest BCUT2D eigenvalue weighted by Crippen LogP contribution is -2.30. The number of halogens is 1. The Morgan fingerprint density at radius 2 is 1.81 bits per heavy atom. The molecular weight excluding hydrogens is 358 g/mol. The maximum Gasteiger partial charge on any atom is 0.267 e. The molecule has 1 rings (SSSR count). The van der Waals surface area contributed by atoms with E-state index in [0.29, 0.717) is 18.1 Å². The number of nitrogens with two attached hydrogens (primary N) is 1. The molecule has 1 aromatic rings. The lowest BCUT2D eigenvalue weighted by Gasteiger charge is -2.18. The molecule has 1 amide bonds. The van der Waals surface area contributed by atoms with Crippen molar-refractivity contribution in [2.24, 2.45) is 16.1 Å². The molecule has 0 fully saturated rings. The summed E-state index contributed by atoms with van der Waals surface area (Å²) in [6.45, 7) is 11.8. The molecule has 0 saturated carbocycles. The average Bonchev–Trinajstić information content (AvgIpc) is 2.62. The minimum absolute atomic E-state index is 0.0991. The molecule has 0 radical (unpaired) electrons. The Morgan fingerprint density at radius 3 is 2.33 bits per heavy atom. The summed E-state index contributed by atoms with van der Waals surface area (Å²) in [7, 11) is 0. The first-order chi connectivity index (χ1) is 12.7. The van der Waals surface area contributed by atoms with E-state index in [4.69, 9.17) is 22.3 Å². The molecule has 0 spiro atoms. The van der Waals surface area contributed by atoms with E-state index in [1.165, 1.54) is 0 Å². The van der Waals surface area contributed by atoms with Crippen LogP contribution in [0, 0.1) is 5.41 Å². The first-order valence-electron chi connectivity index (χ1n) is 9.72. The molecule has 0 aliphatic rings. The van der Waals surface area contributed by atoms with E-state index < -0.39 is 0 Å². The lowest BCUT2D eigenvalue weighted by atomic mass is 9.95. The number of carbonyl (C=O) groups is 1. The summed E-state index contributed by atoms with van der Waals surface area (Å²) in [4.78, 5) is 17.4. The molecule has 0 heterocycles. The van der Waals surface area contributed by atoms with E-state index in [-0.39, 0.29) is 17.0 Å². The zero-order valence-electron chi connectivity index (χ0n) is 17.4. The molecule has 150 valence electrons. The summed E-state index contributed by atoms with van der Waals surface area (Å²) in [5.74, 6) is -0.243. The first-order valence-corrected chi connectivity index (χ1v) is 10.1. The fourth-order valence-electron chi connectivity index (χ4n) is 2.56. The summed E-state index contributed by atoms with van der Waals surface area (Å²) in [5.41, 5.74) is 9.46. The fourth-order valence-corrected chi connectivity index (χ4v) is 2.68. The molecule has 4 nitrogen and oxygen atoms in total. The monoisotopic (exact) mass is 391 g/mol. The van der Waals surface area contributed by atoms with Crippen molar-refractivity contribution in [2.75, 3.05) is 6.54 Å². The Kier molecular flexibility index (Phi) is 9.57. The minimum atomic E-state index is -0.243. The number of hydrogen-bond acceptors (Lipinski definition) is 3. The molecule has 0 aliphatic carbocycles. The molecule has 0 bridgehead atoms. The number of amides is 1. The number of allylic oxidation sites excluding steroid dienone is 1. The molecule has 27 heavy (non-hydrogen) atoms. The average molecular weight is 392 g/mol. The summed E-state index contributed by atoms with van der Waals surface area (Å²) in [6.07, 6.45) is 3.56. The van der Waals surface area contributed by atoms with E-state index in [2.05, 4.69) is 39.9 Å². The Hall–Kier alpha value is -1.81. The number of aliphatic imine (C=N–C) groups is 1. The van der Waals surface area contributed by atoms with Crippen LogP contribution in [0.5, 0.6) is 0 Å². The normalized spacial score (nSPS) is 13.3. The lowest BCUT2D eigenvalue weighted by molar-refractivity contribution is -0.117. The Morgan fingerprint density at radius 1 is 1.19 bits per heavy atom. The fraction of sp³-hybridized carbons (Fsp3) is 0.545. The highest BCUT2D eigenvalue weighted by Gasteiger charge is 2.17. The molecule has 5 heteroatoms. The van der Waals surface area contributed by atoms with Gasteiger partial charge in [-0.1, -0.05) is 64.8 Å². The number of benzene rings is 1. The Balaban J connectivity index is 2.99. The predicted molar refractivity (Wildman–Crippen MR) is 116 cm³/mol. The summed E-state index contributed by atoms with van der Waals surface area (Å²) < 4.78 is 0. The minimum Gasteiger partial charge on any atom is -0.394 e. The second kappa shape index (κ2) is 11.1. The topological polar surface area (TPSA) is 67.5 Å². The van der Waals surface area contributed by atoms with E-state index in [9.17, 15) is 4.79 Å². The van der Waals surface area contributed by atoms with Crippen molar-refractivity contribution in [3.63, 3.8) is 0 Å². The smallest absolute Gasteiger partial charge is 0.267 e. The van der Waals surface area contributed by atoms with Gasteiger partial charge in [0.05, 0.1) is 0 Å². The van der Waals surface area contributed by atoms with Crippen molar-refractivity contribution in [1.82, 2.24) is 5.32 Å². The first kappa shape index (κ1) is 23.2. The van der Waals surface area contributed by atoms with Gasteiger partial charge in [-0.3, -0.25) is 9.79 Å². The van der Waals surface area contributed by atoms with Gasteiger partial charge in [-0.05, 0) is 42.4 Å². The van der Waals surface area contributed by atoms with E-state index in [1.807, 2.05) is 24.3 Å². The van der Waals surface area contributed by atoms with Gasteiger partial charge in [0.25, 0.3) is 5.91 Å². The van der Waals surface area contributed by atoms with Crippen LogP contribution in [0.25, 0.3) is 0 Å². The van der Waals surface area contributed by atoms with Gasteiger partial charge in [0.1, 0.15) is 5.70 Å². The van der Waals surface area contributed by atoms with Crippen LogP contribution in [0.3, 0.4) is 0 Å². The van der Waals surface area contributed by atoms with Crippen LogP contribution >= 0.6 is 11.6 Å². The second-order valence-corrected chi connectivity index (χ2v) is 8.42. The molecule has 1 aromatic carbocycles. The Bertz CT molecular complexity index is 670. The predicted octanol–water partition coefficient (Wildman–Crippen LogP) is 5.26. The SMILES string of the molecule is CCCC/C(C(CC)=NCC(C)(C)C)=C(/N)C(=O)NCc1ccc(Cl)cc1. The molecule has 0 unspecified atom stereocenters. The van der Waals surface area contributed by atoms with Crippen molar-refractivity contribution in [2.45, 2.75) is 66.8 Å². The van der Waals surface area contributed by atoms with Crippen LogP contribution in [0.1, 0.15) is 65.9 Å². The number of hydrogen-bond donors (Lipinski definition) is 2. The van der Waals surface area contributed by atoms with Gasteiger partial charge < -0.3 is 11.1 Å². The van der Waals surface area contributed by atoms with E-state index in [0.717, 1.165) is 42.5 Å². The highest BCUT2D eigenvalue weighted by molar-refractivity contribution is 6.30. The molecule has 0 aromatic heterocycles. The summed E-state index contributed by atoms with van der Waals surface area (Å²) in [5, 5.41) is 3.58. The standard InChI is InChI=1S/C22H34ClN3O/c1-6-8-9-18(19(7-2)26-15-22(3,4)5)20(24)21(27)25-14-16-10-12-17(23)13-11-16/h10-13H,6-9,14-15,24H2,1-5H3,(H,25,27)/b20-18-,26-19?. The quantitative estimate of drug-likeness (QED) is 0.445. The van der Waals surface area contributed by atoms with Crippen LogP contribution < -0.4 is 11.1 Å². The van der Waals surface area contributed by atoms with Crippen molar-refractivity contribution < 1.29 is 4.79 Å². The number of nitrogens with zero attached hydrogens (tertiary/aromatic N) is 1. The number of nitrogens with one attached hydrogen (secondary N) is 1. The molecular formula is C22H34ClN3O. The maximum absolute atomic E-state index is 12.6. The highest BCUT2D eigenvalue weighted by Crippen LogP contribution is 2.19. The van der Waals surface area contributed by atoms with Crippen LogP contribution in [0.15, 0.2) is 40.5 Å².